The van der Waals surface area contributed by atoms with Crippen molar-refractivity contribution in [2.24, 2.45) is 0 Å². The van der Waals surface area contributed by atoms with Crippen LogP contribution in [-0.4, -0.2) is 55.2 Å². The van der Waals surface area contributed by atoms with E-state index in [0.29, 0.717) is 6.10 Å². The van der Waals surface area contributed by atoms with Gasteiger partial charge in [-0.05, 0) is 30.8 Å². The van der Waals surface area contributed by atoms with E-state index in [1.54, 1.807) is 0 Å². The van der Waals surface area contributed by atoms with Crippen molar-refractivity contribution in [3.63, 3.8) is 0 Å². The smallest absolute Gasteiger partial charge is 0.0829 e. The Morgan fingerprint density at radius 1 is 1.30 bits per heavy atom. The summed E-state index contributed by atoms with van der Waals surface area (Å²) in [6, 6.07) is 8.16. The van der Waals surface area contributed by atoms with Crippen molar-refractivity contribution >= 4 is 5.69 Å². The van der Waals surface area contributed by atoms with Crippen LogP contribution in [0.1, 0.15) is 19.4 Å². The molecule has 20 heavy (non-hydrogen) atoms. The third-order valence-electron chi connectivity index (χ3n) is 3.97. The first-order valence-corrected chi connectivity index (χ1v) is 7.62. The highest BCUT2D eigenvalue weighted by molar-refractivity contribution is 5.39. The fourth-order valence-corrected chi connectivity index (χ4v) is 2.65. The van der Waals surface area contributed by atoms with Gasteiger partial charge < -0.3 is 10.5 Å². The summed E-state index contributed by atoms with van der Waals surface area (Å²) in [7, 11) is 0. The molecule has 1 aliphatic rings. The van der Waals surface area contributed by atoms with Gasteiger partial charge in [-0.15, -0.1) is 0 Å². The van der Waals surface area contributed by atoms with Gasteiger partial charge in [0.2, 0.25) is 0 Å². The summed E-state index contributed by atoms with van der Waals surface area (Å²) in [6.45, 7) is 11.5. The van der Waals surface area contributed by atoms with Gasteiger partial charge >= 0.3 is 0 Å². The molecule has 0 amide bonds. The summed E-state index contributed by atoms with van der Waals surface area (Å²) < 4.78 is 5.90. The Morgan fingerprint density at radius 3 is 2.70 bits per heavy atom. The molecule has 0 aliphatic carbocycles. The average Bonchev–Trinajstić information content (AvgIpc) is 2.49. The van der Waals surface area contributed by atoms with Crippen molar-refractivity contribution in [2.75, 3.05) is 45.1 Å². The minimum atomic E-state index is 0.331. The van der Waals surface area contributed by atoms with E-state index >= 15 is 0 Å². The monoisotopic (exact) mass is 277 g/mol. The first-order valence-electron chi connectivity index (χ1n) is 7.62. The van der Waals surface area contributed by atoms with Crippen LogP contribution < -0.4 is 5.73 Å². The van der Waals surface area contributed by atoms with Crippen molar-refractivity contribution in [1.82, 2.24) is 9.80 Å². The van der Waals surface area contributed by atoms with Gasteiger partial charge in [-0.2, -0.15) is 0 Å². The molecule has 2 rings (SSSR count). The number of morpholine rings is 1. The van der Waals surface area contributed by atoms with E-state index in [1.807, 2.05) is 12.1 Å². The van der Waals surface area contributed by atoms with Crippen LogP contribution in [0.4, 0.5) is 5.69 Å². The number of nitrogens with zero attached hydrogens (tertiary/aromatic N) is 2. The molecule has 0 aromatic heterocycles. The molecule has 2 N–H and O–H groups in total. The molecule has 1 fully saturated rings. The number of likely N-dealkylation sites (N-methyl/N-ethyl adjacent to an activating group) is 2. The van der Waals surface area contributed by atoms with E-state index in [2.05, 4.69) is 35.8 Å². The third-order valence-corrected chi connectivity index (χ3v) is 3.97. The number of anilines is 1. The van der Waals surface area contributed by atoms with Crippen LogP contribution in [0, 0.1) is 0 Å². The Bertz CT molecular complexity index is 393. The van der Waals surface area contributed by atoms with Crippen LogP contribution in [0.25, 0.3) is 0 Å². The fourth-order valence-electron chi connectivity index (χ4n) is 2.65. The van der Waals surface area contributed by atoms with Crippen molar-refractivity contribution < 1.29 is 4.74 Å². The first kappa shape index (κ1) is 15.3. The number of hydrogen-bond acceptors (Lipinski definition) is 4. The molecule has 0 bridgehead atoms. The van der Waals surface area contributed by atoms with Crippen LogP contribution in [0.5, 0.6) is 0 Å². The van der Waals surface area contributed by atoms with Gasteiger partial charge in [0.1, 0.15) is 0 Å². The maximum absolute atomic E-state index is 5.90. The molecule has 4 heteroatoms. The van der Waals surface area contributed by atoms with Gasteiger partial charge in [-0.3, -0.25) is 9.80 Å². The maximum atomic E-state index is 5.90. The lowest BCUT2D eigenvalue weighted by atomic mass is 10.2. The molecule has 1 aromatic rings. The molecule has 112 valence electrons. The highest BCUT2D eigenvalue weighted by Crippen LogP contribution is 2.11. The Labute approximate surface area is 122 Å². The minimum Gasteiger partial charge on any atom is -0.399 e. The highest BCUT2D eigenvalue weighted by Gasteiger charge is 2.21. The maximum Gasteiger partial charge on any atom is 0.0829 e. The summed E-state index contributed by atoms with van der Waals surface area (Å²) in [5.74, 6) is 0. The topological polar surface area (TPSA) is 41.7 Å². The number of benzene rings is 1. The lowest BCUT2D eigenvalue weighted by molar-refractivity contribution is -0.0422. The summed E-state index contributed by atoms with van der Waals surface area (Å²) in [4.78, 5) is 4.90. The predicted octanol–water partition coefficient (Wildman–Crippen LogP) is 1.81. The van der Waals surface area contributed by atoms with Crippen molar-refractivity contribution in [1.29, 1.82) is 0 Å². The van der Waals surface area contributed by atoms with Gasteiger partial charge in [0, 0.05) is 31.9 Å². The van der Waals surface area contributed by atoms with Crippen molar-refractivity contribution in [3.05, 3.63) is 29.8 Å². The molecular weight excluding hydrogens is 250 g/mol. The molecular formula is C16H27N3O. The van der Waals surface area contributed by atoms with Crippen LogP contribution in [0.3, 0.4) is 0 Å². The number of rotatable bonds is 6. The number of ether oxygens (including phenoxy) is 1. The third kappa shape index (κ3) is 4.47. The molecule has 1 heterocycles. The molecule has 1 aromatic carbocycles. The molecule has 0 radical (unpaired) electrons. The summed E-state index contributed by atoms with van der Waals surface area (Å²) >= 11 is 0. The van der Waals surface area contributed by atoms with Gasteiger partial charge in [-0.25, -0.2) is 0 Å². The molecule has 1 atom stereocenters. The normalized spacial score (nSPS) is 20.4. The standard InChI is InChI=1S/C16H27N3O/c1-3-18-9-10-20-16(12-18)13-19(4-2)11-14-5-7-15(17)8-6-14/h5-8,16H,3-4,9-13,17H2,1-2H3. The van der Waals surface area contributed by atoms with Gasteiger partial charge in [0.15, 0.2) is 0 Å². The van der Waals surface area contributed by atoms with Gasteiger partial charge in [0.25, 0.3) is 0 Å². The molecule has 1 saturated heterocycles. The number of hydrogen-bond donors (Lipinski definition) is 1. The van der Waals surface area contributed by atoms with E-state index in [4.69, 9.17) is 10.5 Å². The Hall–Kier alpha value is -1.10. The minimum absolute atomic E-state index is 0.331. The average molecular weight is 277 g/mol. The summed E-state index contributed by atoms with van der Waals surface area (Å²) in [6.07, 6.45) is 0.331. The summed E-state index contributed by atoms with van der Waals surface area (Å²) in [5.41, 5.74) is 7.87. The fraction of sp³-hybridized carbons (Fsp3) is 0.625. The molecule has 0 spiro atoms. The Balaban J connectivity index is 1.86. The van der Waals surface area contributed by atoms with Crippen LogP contribution in [0.15, 0.2) is 24.3 Å². The molecule has 1 unspecified atom stereocenters. The second kappa shape index (κ2) is 7.62. The Kier molecular flexibility index (Phi) is 5.83. The zero-order valence-electron chi connectivity index (χ0n) is 12.7. The Morgan fingerprint density at radius 2 is 2.05 bits per heavy atom. The number of nitrogen functional groups attached to an aromatic ring is 1. The van der Waals surface area contributed by atoms with E-state index in [9.17, 15) is 0 Å². The van der Waals surface area contributed by atoms with Crippen molar-refractivity contribution in [2.45, 2.75) is 26.5 Å². The number of nitrogens with two attached hydrogens (primary N) is 1. The molecule has 4 nitrogen and oxygen atoms in total. The van der Waals surface area contributed by atoms with E-state index in [-0.39, 0.29) is 0 Å². The quantitative estimate of drug-likeness (QED) is 0.805. The SMILES string of the molecule is CCN1CCOC(CN(CC)Cc2ccc(N)cc2)C1. The van der Waals surface area contributed by atoms with E-state index in [0.717, 1.165) is 51.6 Å². The molecule has 0 saturated carbocycles. The largest absolute Gasteiger partial charge is 0.399 e. The van der Waals surface area contributed by atoms with E-state index in [1.165, 1.54) is 5.56 Å². The lowest BCUT2D eigenvalue weighted by Crippen LogP contribution is -2.47. The second-order valence-corrected chi connectivity index (χ2v) is 5.46. The highest BCUT2D eigenvalue weighted by atomic mass is 16.5. The van der Waals surface area contributed by atoms with Crippen LogP contribution in [0.2, 0.25) is 0 Å². The van der Waals surface area contributed by atoms with Crippen LogP contribution >= 0.6 is 0 Å². The van der Waals surface area contributed by atoms with E-state index < -0.39 is 0 Å². The zero-order valence-corrected chi connectivity index (χ0v) is 12.7. The lowest BCUT2D eigenvalue weighted by Gasteiger charge is -2.35. The van der Waals surface area contributed by atoms with Crippen molar-refractivity contribution in [3.8, 4) is 0 Å². The van der Waals surface area contributed by atoms with Gasteiger partial charge in [0.05, 0.1) is 12.7 Å². The zero-order chi connectivity index (χ0) is 14.4. The predicted molar refractivity (Wildman–Crippen MR) is 83.7 cm³/mol. The van der Waals surface area contributed by atoms with Gasteiger partial charge in [-0.1, -0.05) is 26.0 Å². The molecule has 1 aliphatic heterocycles. The second-order valence-electron chi connectivity index (χ2n) is 5.46. The first-order chi connectivity index (χ1) is 9.71. The van der Waals surface area contributed by atoms with Crippen LogP contribution in [-0.2, 0) is 11.3 Å². The summed E-state index contributed by atoms with van der Waals surface area (Å²) in [5, 5.41) is 0.